The first kappa shape index (κ1) is 23.5. The molecule has 2 nitrogen and oxygen atoms in total. The van der Waals surface area contributed by atoms with Crippen molar-refractivity contribution in [1.82, 2.24) is 0 Å². The molecule has 0 aromatic heterocycles. The molecule has 0 aliphatic heterocycles. The number of alkyl halides is 3. The van der Waals surface area contributed by atoms with Gasteiger partial charge in [0.15, 0.2) is 0 Å². The lowest BCUT2D eigenvalue weighted by molar-refractivity contribution is -0.140. The third-order valence-corrected chi connectivity index (χ3v) is 7.21. The van der Waals surface area contributed by atoms with Crippen molar-refractivity contribution in [1.29, 1.82) is 0 Å². The van der Waals surface area contributed by atoms with Crippen molar-refractivity contribution in [3.05, 3.63) is 82.7 Å². The van der Waals surface area contributed by atoms with Gasteiger partial charge in [0.1, 0.15) is 17.3 Å². The Morgan fingerprint density at radius 2 is 1.69 bits per heavy atom. The highest BCUT2D eigenvalue weighted by atomic mass is 19.4. The van der Waals surface area contributed by atoms with Crippen LogP contribution in [0, 0.1) is 5.82 Å². The average molecular weight is 483 g/mol. The number of benzene rings is 4. The van der Waals surface area contributed by atoms with Gasteiger partial charge in [0.05, 0.1) is 25.2 Å². The van der Waals surface area contributed by atoms with Crippen LogP contribution in [0.2, 0.25) is 0 Å². The quantitative estimate of drug-likeness (QED) is 0.211. The van der Waals surface area contributed by atoms with Gasteiger partial charge in [-0.3, -0.25) is 0 Å². The first-order valence-electron chi connectivity index (χ1n) is 11.8. The fourth-order valence-corrected chi connectivity index (χ4v) is 5.55. The molecule has 0 bridgehead atoms. The van der Waals surface area contributed by atoms with E-state index < -0.39 is 17.6 Å². The lowest BCUT2D eigenvalue weighted by atomic mass is 9.77. The average Bonchev–Trinajstić information content (AvgIpc) is 2.86. The standard InChI is InChI=1S/C29H26F4O2/c1-34-26-8-4-7-22-21-13-12-19-18(5-3-6-20(19)23(21)16-27(35-2)28(22)26)11-9-17-10-14-25(30)24(15-17)29(31,32)33/h4,7-8,10,12-16,18H,3,5-6,9,11H2,1-2H3/t18-/m0/s1. The number of fused-ring (bicyclic) bond motifs is 5. The minimum atomic E-state index is -4.69. The largest absolute Gasteiger partial charge is 0.496 e. The van der Waals surface area contributed by atoms with Gasteiger partial charge in [-0.25, -0.2) is 4.39 Å². The van der Waals surface area contributed by atoms with E-state index in [0.29, 0.717) is 18.4 Å². The van der Waals surface area contributed by atoms with E-state index in [2.05, 4.69) is 24.3 Å². The van der Waals surface area contributed by atoms with Crippen LogP contribution in [0.3, 0.4) is 0 Å². The molecule has 0 amide bonds. The summed E-state index contributed by atoms with van der Waals surface area (Å²) in [7, 11) is 3.30. The summed E-state index contributed by atoms with van der Waals surface area (Å²) in [5.41, 5.74) is 1.83. The van der Waals surface area contributed by atoms with E-state index in [1.54, 1.807) is 14.2 Å². The summed E-state index contributed by atoms with van der Waals surface area (Å²) in [6.07, 6.45) is -0.599. The number of methoxy groups -OCH3 is 2. The van der Waals surface area contributed by atoms with Gasteiger partial charge in [0, 0.05) is 0 Å². The van der Waals surface area contributed by atoms with E-state index in [1.807, 2.05) is 12.1 Å². The second kappa shape index (κ2) is 9.06. The fourth-order valence-electron chi connectivity index (χ4n) is 5.55. The summed E-state index contributed by atoms with van der Waals surface area (Å²) < 4.78 is 64.4. The molecule has 0 saturated heterocycles. The first-order chi connectivity index (χ1) is 16.8. The summed E-state index contributed by atoms with van der Waals surface area (Å²) >= 11 is 0. The van der Waals surface area contributed by atoms with Gasteiger partial charge in [-0.05, 0) is 95.1 Å². The molecule has 0 spiro atoms. The predicted molar refractivity (Wildman–Crippen MR) is 130 cm³/mol. The van der Waals surface area contributed by atoms with Gasteiger partial charge in [-0.15, -0.1) is 0 Å². The molecule has 0 heterocycles. The fraction of sp³-hybridized carbons (Fsp3) is 0.310. The number of hydrogen-bond donors (Lipinski definition) is 0. The van der Waals surface area contributed by atoms with Crippen molar-refractivity contribution in [2.75, 3.05) is 14.2 Å². The van der Waals surface area contributed by atoms with Crippen LogP contribution in [0.15, 0.2) is 54.6 Å². The summed E-state index contributed by atoms with van der Waals surface area (Å²) in [5, 5.41) is 4.28. The molecule has 1 aliphatic rings. The maximum absolute atomic E-state index is 13.7. The Morgan fingerprint density at radius 1 is 0.886 bits per heavy atom. The highest BCUT2D eigenvalue weighted by Crippen LogP contribution is 2.44. The van der Waals surface area contributed by atoms with E-state index in [4.69, 9.17) is 9.47 Å². The monoisotopic (exact) mass is 482 g/mol. The lowest BCUT2D eigenvalue weighted by Crippen LogP contribution is -2.12. The van der Waals surface area contributed by atoms with Crippen molar-refractivity contribution < 1.29 is 27.0 Å². The Kier molecular flexibility index (Phi) is 6.07. The van der Waals surface area contributed by atoms with Gasteiger partial charge >= 0.3 is 6.18 Å². The number of aryl methyl sites for hydroxylation is 2. The van der Waals surface area contributed by atoms with E-state index >= 15 is 0 Å². The van der Waals surface area contributed by atoms with Crippen LogP contribution in [-0.2, 0) is 19.0 Å². The lowest BCUT2D eigenvalue weighted by Gasteiger charge is -2.28. The van der Waals surface area contributed by atoms with Crippen LogP contribution in [0.4, 0.5) is 17.6 Å². The molecule has 1 atom stereocenters. The molecule has 35 heavy (non-hydrogen) atoms. The first-order valence-corrected chi connectivity index (χ1v) is 11.8. The molecule has 4 aromatic rings. The second-order valence-electron chi connectivity index (χ2n) is 9.13. The predicted octanol–water partition coefficient (Wildman–Crippen LogP) is 8.22. The summed E-state index contributed by atoms with van der Waals surface area (Å²) in [5.74, 6) is 0.518. The van der Waals surface area contributed by atoms with Crippen LogP contribution >= 0.6 is 0 Å². The molecular weight excluding hydrogens is 456 g/mol. The van der Waals surface area contributed by atoms with E-state index in [9.17, 15) is 17.6 Å². The molecule has 0 unspecified atom stereocenters. The number of hydrogen-bond acceptors (Lipinski definition) is 2. The molecule has 0 radical (unpaired) electrons. The van der Waals surface area contributed by atoms with Gasteiger partial charge in [0.25, 0.3) is 0 Å². The normalized spacial score (nSPS) is 15.9. The van der Waals surface area contributed by atoms with E-state index in [1.165, 1.54) is 17.2 Å². The Balaban J connectivity index is 1.52. The van der Waals surface area contributed by atoms with Crippen molar-refractivity contribution in [3.63, 3.8) is 0 Å². The second-order valence-corrected chi connectivity index (χ2v) is 9.13. The van der Waals surface area contributed by atoms with Crippen molar-refractivity contribution in [2.45, 2.75) is 44.2 Å². The van der Waals surface area contributed by atoms with Crippen molar-refractivity contribution >= 4 is 21.5 Å². The highest BCUT2D eigenvalue weighted by molar-refractivity contribution is 6.13. The number of halogens is 4. The maximum Gasteiger partial charge on any atom is 0.419 e. The SMILES string of the molecule is COc1cccc2c1c(OC)cc1c3c(ccc12)[C@H](CCc1ccc(F)c(C(F)(F)F)c1)CCC3. The minimum Gasteiger partial charge on any atom is -0.496 e. The molecule has 6 heteroatoms. The van der Waals surface area contributed by atoms with Gasteiger partial charge in [0.2, 0.25) is 0 Å². The molecule has 0 fully saturated rings. The van der Waals surface area contributed by atoms with Crippen LogP contribution in [0.25, 0.3) is 21.5 Å². The van der Waals surface area contributed by atoms with Crippen molar-refractivity contribution in [2.24, 2.45) is 0 Å². The Morgan fingerprint density at radius 3 is 2.43 bits per heavy atom. The summed E-state index contributed by atoms with van der Waals surface area (Å²) in [6.45, 7) is 0. The maximum atomic E-state index is 13.7. The highest BCUT2D eigenvalue weighted by Gasteiger charge is 2.34. The number of ether oxygens (including phenoxy) is 2. The van der Waals surface area contributed by atoms with Crippen LogP contribution < -0.4 is 9.47 Å². The van der Waals surface area contributed by atoms with Crippen LogP contribution in [-0.4, -0.2) is 14.2 Å². The third-order valence-electron chi connectivity index (χ3n) is 7.21. The zero-order chi connectivity index (χ0) is 24.7. The number of rotatable bonds is 5. The van der Waals surface area contributed by atoms with E-state index in [0.717, 1.165) is 64.4 Å². The Labute approximate surface area is 201 Å². The van der Waals surface area contributed by atoms with E-state index in [-0.39, 0.29) is 5.92 Å². The van der Waals surface area contributed by atoms with Crippen molar-refractivity contribution in [3.8, 4) is 11.5 Å². The van der Waals surface area contributed by atoms with Gasteiger partial charge in [-0.1, -0.05) is 30.3 Å². The Bertz CT molecular complexity index is 1410. The van der Waals surface area contributed by atoms with Crippen LogP contribution in [0.5, 0.6) is 11.5 Å². The Hall–Kier alpha value is -3.28. The van der Waals surface area contributed by atoms with Gasteiger partial charge < -0.3 is 9.47 Å². The summed E-state index contributed by atoms with van der Waals surface area (Å²) in [4.78, 5) is 0. The molecule has 1 aliphatic carbocycles. The minimum absolute atomic E-state index is 0.231. The smallest absolute Gasteiger partial charge is 0.419 e. The van der Waals surface area contributed by atoms with Crippen LogP contribution in [0.1, 0.15) is 47.4 Å². The topological polar surface area (TPSA) is 18.5 Å². The summed E-state index contributed by atoms with van der Waals surface area (Å²) in [6, 6.07) is 15.7. The molecule has 5 rings (SSSR count). The molecule has 182 valence electrons. The molecule has 0 N–H and O–H groups in total. The molecule has 4 aromatic carbocycles. The third kappa shape index (κ3) is 4.19. The molecular formula is C29H26F4O2. The van der Waals surface area contributed by atoms with Gasteiger partial charge in [-0.2, -0.15) is 13.2 Å². The zero-order valence-electron chi connectivity index (χ0n) is 19.6. The zero-order valence-corrected chi connectivity index (χ0v) is 19.6. The molecule has 0 saturated carbocycles.